The van der Waals surface area contributed by atoms with Gasteiger partial charge < -0.3 is 10.1 Å². The molecule has 0 heterocycles. The maximum absolute atomic E-state index is 11.5. The Hall–Kier alpha value is -0.990. The summed E-state index contributed by atoms with van der Waals surface area (Å²) in [4.78, 5) is 11.5. The number of allylic oxidation sites excluding steroid dienone is 1. The molecule has 1 amide bonds. The van der Waals surface area contributed by atoms with E-state index in [9.17, 15) is 4.79 Å². The summed E-state index contributed by atoms with van der Waals surface area (Å²) in [5.74, 6) is 0. The largest absolute Gasteiger partial charge is 0.444 e. The van der Waals surface area contributed by atoms with Crippen LogP contribution in [-0.2, 0) is 4.74 Å². The van der Waals surface area contributed by atoms with Crippen molar-refractivity contribution in [1.29, 1.82) is 0 Å². The number of amides is 1. The van der Waals surface area contributed by atoms with Gasteiger partial charge in [0.1, 0.15) is 5.60 Å². The van der Waals surface area contributed by atoms with Gasteiger partial charge in [0, 0.05) is 6.04 Å². The van der Waals surface area contributed by atoms with E-state index < -0.39 is 5.60 Å². The van der Waals surface area contributed by atoms with Gasteiger partial charge in [-0.2, -0.15) is 0 Å². The SMILES string of the molecule is CC1=CC[C@H](NC(=O)OC(C)(C)C)CC1. The molecule has 1 atom stereocenters. The van der Waals surface area contributed by atoms with Crippen molar-refractivity contribution >= 4 is 6.09 Å². The van der Waals surface area contributed by atoms with Crippen LogP contribution in [0, 0.1) is 0 Å². The number of alkyl carbamates (subject to hydrolysis) is 1. The third kappa shape index (κ3) is 4.86. The van der Waals surface area contributed by atoms with Crippen LogP contribution in [0.2, 0.25) is 0 Å². The van der Waals surface area contributed by atoms with Gasteiger partial charge in [-0.3, -0.25) is 0 Å². The Morgan fingerprint density at radius 2 is 2.20 bits per heavy atom. The molecule has 0 saturated heterocycles. The van der Waals surface area contributed by atoms with Gasteiger partial charge in [0.2, 0.25) is 0 Å². The number of carbonyl (C=O) groups is 1. The van der Waals surface area contributed by atoms with Gasteiger partial charge in [0.25, 0.3) is 0 Å². The summed E-state index contributed by atoms with van der Waals surface area (Å²) >= 11 is 0. The van der Waals surface area contributed by atoms with Crippen molar-refractivity contribution in [1.82, 2.24) is 5.32 Å². The minimum Gasteiger partial charge on any atom is -0.444 e. The Labute approximate surface area is 91.9 Å². The Morgan fingerprint density at radius 1 is 1.53 bits per heavy atom. The predicted molar refractivity (Wildman–Crippen MR) is 60.8 cm³/mol. The minimum atomic E-state index is -0.412. The number of nitrogens with one attached hydrogen (secondary N) is 1. The summed E-state index contributed by atoms with van der Waals surface area (Å²) in [5, 5.41) is 2.89. The van der Waals surface area contributed by atoms with E-state index in [0.717, 1.165) is 19.3 Å². The third-order valence-corrected chi connectivity index (χ3v) is 2.36. The van der Waals surface area contributed by atoms with Crippen LogP contribution in [0.1, 0.15) is 47.0 Å². The van der Waals surface area contributed by atoms with Gasteiger partial charge in [0.15, 0.2) is 0 Å². The van der Waals surface area contributed by atoms with Crippen LogP contribution in [-0.4, -0.2) is 17.7 Å². The van der Waals surface area contributed by atoms with Crippen molar-refractivity contribution in [2.75, 3.05) is 0 Å². The summed E-state index contributed by atoms with van der Waals surface area (Å²) < 4.78 is 5.20. The summed E-state index contributed by atoms with van der Waals surface area (Å²) in [7, 11) is 0. The van der Waals surface area contributed by atoms with Crippen molar-refractivity contribution in [3.63, 3.8) is 0 Å². The maximum atomic E-state index is 11.5. The fraction of sp³-hybridized carbons (Fsp3) is 0.750. The Morgan fingerprint density at radius 3 is 2.67 bits per heavy atom. The third-order valence-electron chi connectivity index (χ3n) is 2.36. The second kappa shape index (κ2) is 4.69. The Kier molecular flexibility index (Phi) is 3.77. The predicted octanol–water partition coefficient (Wildman–Crippen LogP) is 3.01. The summed E-state index contributed by atoms with van der Waals surface area (Å²) in [6, 6.07) is 0.239. The second-order valence-corrected chi connectivity index (χ2v) is 5.17. The molecule has 0 fully saturated rings. The molecule has 1 N–H and O–H groups in total. The van der Waals surface area contributed by atoms with Gasteiger partial charge in [-0.15, -0.1) is 0 Å². The molecule has 0 saturated carbocycles. The molecule has 0 aromatic carbocycles. The van der Waals surface area contributed by atoms with Crippen LogP contribution in [0.15, 0.2) is 11.6 Å². The Bertz CT molecular complexity index is 263. The first-order valence-electron chi connectivity index (χ1n) is 5.52. The average Bonchev–Trinajstić information content (AvgIpc) is 2.05. The van der Waals surface area contributed by atoms with Crippen LogP contribution in [0.5, 0.6) is 0 Å². The fourth-order valence-corrected chi connectivity index (χ4v) is 1.57. The molecule has 0 spiro atoms. The van der Waals surface area contributed by atoms with E-state index in [1.807, 2.05) is 20.8 Å². The lowest BCUT2D eigenvalue weighted by Crippen LogP contribution is -2.39. The topological polar surface area (TPSA) is 38.3 Å². The average molecular weight is 211 g/mol. The molecule has 3 nitrogen and oxygen atoms in total. The number of hydrogen-bond acceptors (Lipinski definition) is 2. The van der Waals surface area contributed by atoms with Crippen molar-refractivity contribution in [2.24, 2.45) is 0 Å². The highest BCUT2D eigenvalue weighted by Crippen LogP contribution is 2.17. The van der Waals surface area contributed by atoms with E-state index in [0.29, 0.717) is 0 Å². The number of hydrogen-bond donors (Lipinski definition) is 1. The molecule has 1 aliphatic carbocycles. The van der Waals surface area contributed by atoms with Crippen molar-refractivity contribution < 1.29 is 9.53 Å². The first-order chi connectivity index (χ1) is 6.87. The van der Waals surface area contributed by atoms with Crippen LogP contribution in [0.3, 0.4) is 0 Å². The fourth-order valence-electron chi connectivity index (χ4n) is 1.57. The van der Waals surface area contributed by atoms with Crippen LogP contribution < -0.4 is 5.32 Å². The summed E-state index contributed by atoms with van der Waals surface area (Å²) in [6.45, 7) is 7.75. The number of carbonyl (C=O) groups excluding carboxylic acids is 1. The van der Waals surface area contributed by atoms with Gasteiger partial charge in [-0.25, -0.2) is 4.79 Å². The van der Waals surface area contributed by atoms with Crippen LogP contribution >= 0.6 is 0 Å². The van der Waals surface area contributed by atoms with Gasteiger partial charge in [0.05, 0.1) is 0 Å². The second-order valence-electron chi connectivity index (χ2n) is 5.17. The molecule has 1 aliphatic rings. The first kappa shape index (κ1) is 12.1. The van der Waals surface area contributed by atoms with Crippen molar-refractivity contribution in [3.05, 3.63) is 11.6 Å². The van der Waals surface area contributed by atoms with E-state index in [1.165, 1.54) is 5.57 Å². The molecule has 0 aliphatic heterocycles. The standard InChI is InChI=1S/C12H21NO2/c1-9-5-7-10(8-6-9)13-11(14)15-12(2,3)4/h5,10H,6-8H2,1-4H3,(H,13,14)/t10-/m0/s1. The van der Waals surface area contributed by atoms with Crippen LogP contribution in [0.4, 0.5) is 4.79 Å². The molecule has 86 valence electrons. The van der Waals surface area contributed by atoms with E-state index in [1.54, 1.807) is 0 Å². The summed E-state index contributed by atoms with van der Waals surface area (Å²) in [5.41, 5.74) is 1.00. The minimum absolute atomic E-state index is 0.239. The van der Waals surface area contributed by atoms with Gasteiger partial charge in [-0.05, 0) is 47.0 Å². The molecular weight excluding hydrogens is 190 g/mol. The highest BCUT2D eigenvalue weighted by molar-refractivity contribution is 5.68. The smallest absolute Gasteiger partial charge is 0.407 e. The maximum Gasteiger partial charge on any atom is 0.407 e. The zero-order valence-electron chi connectivity index (χ0n) is 10.1. The zero-order valence-corrected chi connectivity index (χ0v) is 10.1. The zero-order chi connectivity index (χ0) is 11.5. The molecule has 1 rings (SSSR count). The molecule has 15 heavy (non-hydrogen) atoms. The van der Waals surface area contributed by atoms with E-state index in [-0.39, 0.29) is 12.1 Å². The molecule has 0 aromatic heterocycles. The van der Waals surface area contributed by atoms with Crippen molar-refractivity contribution in [3.8, 4) is 0 Å². The molecule has 0 aromatic rings. The highest BCUT2D eigenvalue weighted by atomic mass is 16.6. The Balaban J connectivity index is 2.33. The monoisotopic (exact) mass is 211 g/mol. The lowest BCUT2D eigenvalue weighted by Gasteiger charge is -2.25. The van der Waals surface area contributed by atoms with Gasteiger partial charge in [-0.1, -0.05) is 11.6 Å². The molecule has 0 radical (unpaired) electrons. The summed E-state index contributed by atoms with van der Waals surface area (Å²) in [6.07, 6.45) is 4.89. The molecule has 3 heteroatoms. The van der Waals surface area contributed by atoms with Crippen molar-refractivity contribution in [2.45, 2.75) is 58.6 Å². The quantitative estimate of drug-likeness (QED) is 0.677. The molecule has 0 bridgehead atoms. The van der Waals surface area contributed by atoms with E-state index >= 15 is 0 Å². The number of rotatable bonds is 1. The lowest BCUT2D eigenvalue weighted by molar-refractivity contribution is 0.0501. The lowest BCUT2D eigenvalue weighted by atomic mass is 9.96. The molecule has 0 unspecified atom stereocenters. The van der Waals surface area contributed by atoms with Crippen LogP contribution in [0.25, 0.3) is 0 Å². The van der Waals surface area contributed by atoms with E-state index in [2.05, 4.69) is 18.3 Å². The first-order valence-corrected chi connectivity index (χ1v) is 5.52. The number of ether oxygens (including phenoxy) is 1. The normalized spacial score (nSPS) is 21.9. The van der Waals surface area contributed by atoms with E-state index in [4.69, 9.17) is 4.74 Å². The highest BCUT2D eigenvalue weighted by Gasteiger charge is 2.20. The molecular formula is C12H21NO2. The van der Waals surface area contributed by atoms with Gasteiger partial charge >= 0.3 is 6.09 Å².